The Balaban J connectivity index is 2.73. The quantitative estimate of drug-likeness (QED) is 0.704. The third-order valence-corrected chi connectivity index (χ3v) is 3.20. The molecule has 0 saturated carbocycles. The van der Waals surface area contributed by atoms with Crippen LogP contribution in [0.5, 0.6) is 0 Å². The van der Waals surface area contributed by atoms with E-state index in [9.17, 15) is 0 Å². The number of hydrogen-bond donors (Lipinski definition) is 1. The van der Waals surface area contributed by atoms with Gasteiger partial charge in [-0.15, -0.1) is 0 Å². The van der Waals surface area contributed by atoms with Crippen LogP contribution in [0.4, 0.5) is 0 Å². The van der Waals surface area contributed by atoms with Crippen molar-refractivity contribution in [3.8, 4) is 0 Å². The van der Waals surface area contributed by atoms with Crippen molar-refractivity contribution >= 4 is 5.96 Å². The van der Waals surface area contributed by atoms with E-state index < -0.39 is 0 Å². The summed E-state index contributed by atoms with van der Waals surface area (Å²) in [4.78, 5) is 6.34. The molecule has 5 nitrogen and oxygen atoms in total. The minimum absolute atomic E-state index is 0.0826. The Hall–Kier alpha value is -0.810. The summed E-state index contributed by atoms with van der Waals surface area (Å²) in [6.07, 6.45) is 0.0826. The fourth-order valence-electron chi connectivity index (χ4n) is 1.83. The first kappa shape index (κ1) is 12.3. The summed E-state index contributed by atoms with van der Waals surface area (Å²) in [5, 5.41) is 0. The average molecular weight is 215 g/mol. The number of nitrogens with two attached hydrogens (primary N) is 1. The molecule has 1 heterocycles. The molecule has 88 valence electrons. The lowest BCUT2D eigenvalue weighted by molar-refractivity contribution is 0.000425. The van der Waals surface area contributed by atoms with E-state index in [-0.39, 0.29) is 11.6 Å². The lowest BCUT2D eigenvalue weighted by atomic mass is 9.95. The SMILES string of the molecule is COCCN1C(N)=NCC1(C)C(C)OC. The second-order valence-corrected chi connectivity index (χ2v) is 4.05. The number of aliphatic imine (C=N–C) groups is 1. The summed E-state index contributed by atoms with van der Waals surface area (Å²) in [5.74, 6) is 0.582. The fourth-order valence-corrected chi connectivity index (χ4v) is 1.83. The third-order valence-electron chi connectivity index (χ3n) is 3.20. The number of ether oxygens (including phenoxy) is 2. The molecule has 0 aromatic heterocycles. The number of methoxy groups -OCH3 is 2. The largest absolute Gasteiger partial charge is 0.383 e. The van der Waals surface area contributed by atoms with Crippen molar-refractivity contribution in [3.05, 3.63) is 0 Å². The van der Waals surface area contributed by atoms with Gasteiger partial charge in [0.05, 0.1) is 24.8 Å². The van der Waals surface area contributed by atoms with E-state index in [0.717, 1.165) is 6.54 Å². The van der Waals surface area contributed by atoms with Gasteiger partial charge in [0.15, 0.2) is 5.96 Å². The van der Waals surface area contributed by atoms with E-state index in [2.05, 4.69) is 16.8 Å². The molecule has 0 saturated heterocycles. The number of nitrogens with zero attached hydrogens (tertiary/aromatic N) is 2. The Kier molecular flexibility index (Phi) is 3.93. The Labute approximate surface area is 91.2 Å². The molecule has 2 atom stereocenters. The molecular formula is C10H21N3O2. The van der Waals surface area contributed by atoms with E-state index in [4.69, 9.17) is 15.2 Å². The van der Waals surface area contributed by atoms with Gasteiger partial charge in [-0.1, -0.05) is 0 Å². The minimum atomic E-state index is -0.155. The predicted octanol–water partition coefficient (Wildman–Crippen LogP) is 0.0567. The summed E-state index contributed by atoms with van der Waals surface area (Å²) in [5.41, 5.74) is 5.70. The Bertz CT molecular complexity index is 245. The van der Waals surface area contributed by atoms with E-state index in [0.29, 0.717) is 19.1 Å². The molecule has 0 aromatic carbocycles. The monoisotopic (exact) mass is 215 g/mol. The third kappa shape index (κ3) is 2.23. The molecule has 0 aromatic rings. The van der Waals surface area contributed by atoms with Crippen LogP contribution < -0.4 is 5.73 Å². The normalized spacial score (nSPS) is 28.0. The smallest absolute Gasteiger partial charge is 0.192 e. The van der Waals surface area contributed by atoms with Crippen LogP contribution >= 0.6 is 0 Å². The maximum Gasteiger partial charge on any atom is 0.192 e. The van der Waals surface area contributed by atoms with Gasteiger partial charge < -0.3 is 20.1 Å². The first-order valence-corrected chi connectivity index (χ1v) is 5.15. The van der Waals surface area contributed by atoms with Gasteiger partial charge in [0, 0.05) is 20.8 Å². The van der Waals surface area contributed by atoms with Gasteiger partial charge in [0.1, 0.15) is 0 Å². The Morgan fingerprint density at radius 1 is 1.60 bits per heavy atom. The zero-order chi connectivity index (χ0) is 11.5. The van der Waals surface area contributed by atoms with Crippen LogP contribution in [0.3, 0.4) is 0 Å². The van der Waals surface area contributed by atoms with Gasteiger partial charge in [-0.2, -0.15) is 0 Å². The first-order chi connectivity index (χ1) is 7.06. The van der Waals surface area contributed by atoms with E-state index in [1.54, 1.807) is 14.2 Å². The van der Waals surface area contributed by atoms with Gasteiger partial charge >= 0.3 is 0 Å². The van der Waals surface area contributed by atoms with Crippen LogP contribution in [0.25, 0.3) is 0 Å². The van der Waals surface area contributed by atoms with Gasteiger partial charge in [-0.3, -0.25) is 4.99 Å². The predicted molar refractivity (Wildman–Crippen MR) is 59.9 cm³/mol. The highest BCUT2D eigenvalue weighted by molar-refractivity contribution is 5.81. The zero-order valence-corrected chi connectivity index (χ0v) is 9.99. The second kappa shape index (κ2) is 4.81. The van der Waals surface area contributed by atoms with Crippen LogP contribution in [-0.4, -0.2) is 56.4 Å². The Morgan fingerprint density at radius 2 is 2.27 bits per heavy atom. The van der Waals surface area contributed by atoms with Crippen molar-refractivity contribution in [1.82, 2.24) is 4.90 Å². The lowest BCUT2D eigenvalue weighted by Gasteiger charge is -2.39. The zero-order valence-electron chi connectivity index (χ0n) is 9.99. The van der Waals surface area contributed by atoms with Crippen LogP contribution in [0.2, 0.25) is 0 Å². The van der Waals surface area contributed by atoms with Crippen molar-refractivity contribution in [2.45, 2.75) is 25.5 Å². The number of guanidine groups is 1. The van der Waals surface area contributed by atoms with Crippen molar-refractivity contribution < 1.29 is 9.47 Å². The molecule has 1 aliphatic heterocycles. The molecule has 0 radical (unpaired) electrons. The first-order valence-electron chi connectivity index (χ1n) is 5.15. The van der Waals surface area contributed by atoms with Crippen molar-refractivity contribution in [3.63, 3.8) is 0 Å². The maximum absolute atomic E-state index is 5.85. The highest BCUT2D eigenvalue weighted by Gasteiger charge is 2.42. The summed E-state index contributed by atoms with van der Waals surface area (Å²) in [6.45, 7) is 6.21. The van der Waals surface area contributed by atoms with Gasteiger partial charge in [0.2, 0.25) is 0 Å². The summed E-state index contributed by atoms with van der Waals surface area (Å²) >= 11 is 0. The molecule has 5 heteroatoms. The van der Waals surface area contributed by atoms with Crippen LogP contribution in [0.1, 0.15) is 13.8 Å². The summed E-state index contributed by atoms with van der Waals surface area (Å²) < 4.78 is 10.5. The van der Waals surface area contributed by atoms with Gasteiger partial charge in [0.25, 0.3) is 0 Å². The van der Waals surface area contributed by atoms with Crippen LogP contribution in [0.15, 0.2) is 4.99 Å². The van der Waals surface area contributed by atoms with Gasteiger partial charge in [-0.25, -0.2) is 0 Å². The standard InChI is InChI=1S/C10H21N3O2/c1-8(15-4)10(2)7-12-9(11)13(10)5-6-14-3/h8H,5-7H2,1-4H3,(H2,11,12). The van der Waals surface area contributed by atoms with Crippen molar-refractivity contribution in [2.75, 3.05) is 33.9 Å². The molecule has 0 bridgehead atoms. The molecule has 0 fully saturated rings. The second-order valence-electron chi connectivity index (χ2n) is 4.05. The molecular weight excluding hydrogens is 194 g/mol. The fraction of sp³-hybridized carbons (Fsp3) is 0.900. The topological polar surface area (TPSA) is 60.1 Å². The molecule has 2 N–H and O–H groups in total. The lowest BCUT2D eigenvalue weighted by Crippen LogP contribution is -2.57. The highest BCUT2D eigenvalue weighted by atomic mass is 16.5. The summed E-state index contributed by atoms with van der Waals surface area (Å²) in [7, 11) is 3.39. The van der Waals surface area contributed by atoms with Crippen LogP contribution in [0, 0.1) is 0 Å². The molecule has 0 aliphatic carbocycles. The molecule has 1 rings (SSSR count). The minimum Gasteiger partial charge on any atom is -0.383 e. The Morgan fingerprint density at radius 3 is 2.80 bits per heavy atom. The molecule has 1 aliphatic rings. The van der Waals surface area contributed by atoms with Crippen molar-refractivity contribution in [2.24, 2.45) is 10.7 Å². The molecule has 15 heavy (non-hydrogen) atoms. The highest BCUT2D eigenvalue weighted by Crippen LogP contribution is 2.26. The van der Waals surface area contributed by atoms with Crippen molar-refractivity contribution in [1.29, 1.82) is 0 Å². The van der Waals surface area contributed by atoms with E-state index in [1.165, 1.54) is 0 Å². The van der Waals surface area contributed by atoms with Crippen LogP contribution in [-0.2, 0) is 9.47 Å². The summed E-state index contributed by atoms with van der Waals surface area (Å²) in [6, 6.07) is 0. The van der Waals surface area contributed by atoms with E-state index >= 15 is 0 Å². The molecule has 0 amide bonds. The number of rotatable bonds is 5. The molecule has 2 unspecified atom stereocenters. The molecule has 0 spiro atoms. The van der Waals surface area contributed by atoms with Gasteiger partial charge in [-0.05, 0) is 13.8 Å². The van der Waals surface area contributed by atoms with E-state index in [1.807, 2.05) is 6.92 Å². The maximum atomic E-state index is 5.85. The number of hydrogen-bond acceptors (Lipinski definition) is 5. The average Bonchev–Trinajstić information content (AvgIpc) is 2.52.